The third-order valence-corrected chi connectivity index (χ3v) is 6.02. The van der Waals surface area contributed by atoms with E-state index in [2.05, 4.69) is 5.32 Å². The van der Waals surface area contributed by atoms with Gasteiger partial charge in [-0.3, -0.25) is 9.69 Å². The molecule has 2 aliphatic rings. The van der Waals surface area contributed by atoms with Gasteiger partial charge in [0.05, 0.1) is 20.3 Å². The van der Waals surface area contributed by atoms with Crippen molar-refractivity contribution in [1.82, 2.24) is 10.2 Å². The van der Waals surface area contributed by atoms with Crippen LogP contribution >= 0.6 is 11.8 Å². The zero-order chi connectivity index (χ0) is 18.0. The van der Waals surface area contributed by atoms with E-state index in [4.69, 9.17) is 9.47 Å². The van der Waals surface area contributed by atoms with Crippen LogP contribution in [0.5, 0.6) is 11.5 Å². The van der Waals surface area contributed by atoms with Crippen molar-refractivity contribution in [2.24, 2.45) is 0 Å². The zero-order valence-electron chi connectivity index (χ0n) is 14.8. The monoisotopic (exact) mass is 364 g/mol. The van der Waals surface area contributed by atoms with Crippen LogP contribution in [0.25, 0.3) is 0 Å². The highest BCUT2D eigenvalue weighted by Crippen LogP contribution is 2.39. The maximum absolute atomic E-state index is 13.1. The van der Waals surface area contributed by atoms with E-state index in [-0.39, 0.29) is 18.0 Å². The number of rotatable bonds is 5. The molecule has 1 aromatic carbocycles. The Hall–Kier alpha value is -1.89. The molecule has 1 N–H and O–H groups in total. The third kappa shape index (κ3) is 3.05. The van der Waals surface area contributed by atoms with Gasteiger partial charge in [-0.15, -0.1) is 0 Å². The molecule has 1 spiro atoms. The van der Waals surface area contributed by atoms with Crippen LogP contribution in [0, 0.1) is 0 Å². The largest absolute Gasteiger partial charge is 0.493 e. The summed E-state index contributed by atoms with van der Waals surface area (Å²) in [4.78, 5) is 27.2. The first-order valence-electron chi connectivity index (χ1n) is 8.51. The van der Waals surface area contributed by atoms with Gasteiger partial charge in [0.1, 0.15) is 5.54 Å². The summed E-state index contributed by atoms with van der Waals surface area (Å²) in [6, 6.07) is 4.93. The Balaban J connectivity index is 1.93. The van der Waals surface area contributed by atoms with E-state index in [1.807, 2.05) is 36.9 Å². The van der Waals surface area contributed by atoms with Crippen molar-refractivity contribution in [1.29, 1.82) is 0 Å². The molecule has 1 unspecified atom stereocenters. The van der Waals surface area contributed by atoms with Crippen LogP contribution in [-0.2, 0) is 4.79 Å². The van der Waals surface area contributed by atoms with Crippen LogP contribution in [0.4, 0.5) is 4.79 Å². The lowest BCUT2D eigenvalue weighted by molar-refractivity contribution is -0.133. The van der Waals surface area contributed by atoms with E-state index in [0.29, 0.717) is 30.8 Å². The minimum Gasteiger partial charge on any atom is -0.493 e. The number of methoxy groups -OCH3 is 2. The Labute approximate surface area is 152 Å². The lowest BCUT2D eigenvalue weighted by atomic mass is 9.91. The Morgan fingerprint density at radius 1 is 1.20 bits per heavy atom. The number of urea groups is 1. The van der Waals surface area contributed by atoms with Gasteiger partial charge in [0.25, 0.3) is 5.91 Å². The second-order valence-corrected chi connectivity index (χ2v) is 7.56. The summed E-state index contributed by atoms with van der Waals surface area (Å²) >= 11 is 1.83. The van der Waals surface area contributed by atoms with Crippen LogP contribution < -0.4 is 14.8 Å². The van der Waals surface area contributed by atoms with Gasteiger partial charge in [-0.05, 0) is 48.5 Å². The van der Waals surface area contributed by atoms with Crippen LogP contribution in [0.1, 0.15) is 37.8 Å². The molecule has 2 aliphatic heterocycles. The van der Waals surface area contributed by atoms with E-state index in [9.17, 15) is 9.59 Å². The number of thioether (sulfide) groups is 1. The fraction of sp³-hybridized carbons (Fsp3) is 0.556. The van der Waals surface area contributed by atoms with Crippen molar-refractivity contribution in [2.45, 2.75) is 37.8 Å². The molecule has 2 saturated heterocycles. The molecule has 2 fully saturated rings. The Morgan fingerprint density at radius 3 is 2.48 bits per heavy atom. The predicted molar refractivity (Wildman–Crippen MR) is 97.2 cm³/mol. The Bertz CT molecular complexity index is 673. The first-order valence-corrected chi connectivity index (χ1v) is 9.67. The fourth-order valence-electron chi connectivity index (χ4n) is 3.61. The van der Waals surface area contributed by atoms with E-state index in [0.717, 1.165) is 17.1 Å². The van der Waals surface area contributed by atoms with Gasteiger partial charge < -0.3 is 14.8 Å². The molecule has 6 nitrogen and oxygen atoms in total. The van der Waals surface area contributed by atoms with Gasteiger partial charge in [-0.25, -0.2) is 4.79 Å². The lowest BCUT2D eigenvalue weighted by Crippen LogP contribution is -2.49. The number of hydrogen-bond acceptors (Lipinski definition) is 5. The number of amides is 3. The van der Waals surface area contributed by atoms with Gasteiger partial charge in [-0.2, -0.15) is 11.8 Å². The summed E-state index contributed by atoms with van der Waals surface area (Å²) in [6.45, 7) is 1.98. The normalized spacial score (nSPS) is 20.5. The molecule has 7 heteroatoms. The topological polar surface area (TPSA) is 67.9 Å². The molecule has 0 radical (unpaired) electrons. The first-order chi connectivity index (χ1) is 12.1. The molecule has 0 aliphatic carbocycles. The quantitative estimate of drug-likeness (QED) is 0.814. The van der Waals surface area contributed by atoms with Crippen molar-refractivity contribution in [3.8, 4) is 11.5 Å². The molecule has 136 valence electrons. The molecule has 1 aromatic rings. The molecule has 0 aromatic heterocycles. The number of imide groups is 1. The van der Waals surface area contributed by atoms with Gasteiger partial charge in [0.2, 0.25) is 0 Å². The minimum atomic E-state index is -0.716. The summed E-state index contributed by atoms with van der Waals surface area (Å²) in [6.07, 6.45) is 2.03. The highest BCUT2D eigenvalue weighted by Gasteiger charge is 2.53. The summed E-state index contributed by atoms with van der Waals surface area (Å²) in [5, 5.41) is 2.97. The molecule has 0 saturated carbocycles. The maximum Gasteiger partial charge on any atom is 0.325 e. The van der Waals surface area contributed by atoms with Gasteiger partial charge >= 0.3 is 6.03 Å². The van der Waals surface area contributed by atoms with Crippen LogP contribution in [0.2, 0.25) is 0 Å². The SMILES string of the molecule is CCC(c1ccc(OC)c(OC)c1)N1C(=O)NC2(CCSCC2)C1=O. The van der Waals surface area contributed by atoms with Crippen LogP contribution in [-0.4, -0.2) is 48.1 Å². The number of nitrogens with one attached hydrogen (secondary N) is 1. The van der Waals surface area contributed by atoms with Crippen LogP contribution in [0.15, 0.2) is 18.2 Å². The van der Waals surface area contributed by atoms with Crippen molar-refractivity contribution in [2.75, 3.05) is 25.7 Å². The predicted octanol–water partition coefficient (Wildman–Crippen LogP) is 2.97. The molecular weight excluding hydrogens is 340 g/mol. The van der Waals surface area contributed by atoms with E-state index < -0.39 is 5.54 Å². The molecule has 3 amide bonds. The van der Waals surface area contributed by atoms with Crippen molar-refractivity contribution < 1.29 is 19.1 Å². The molecule has 2 heterocycles. The molecule has 3 rings (SSSR count). The maximum atomic E-state index is 13.1. The summed E-state index contributed by atoms with van der Waals surface area (Å²) < 4.78 is 10.6. The number of carbonyl (C=O) groups excluding carboxylic acids is 2. The van der Waals surface area contributed by atoms with Crippen LogP contribution in [0.3, 0.4) is 0 Å². The zero-order valence-corrected chi connectivity index (χ0v) is 15.6. The van der Waals surface area contributed by atoms with Crippen molar-refractivity contribution in [3.05, 3.63) is 23.8 Å². The van der Waals surface area contributed by atoms with Crippen molar-refractivity contribution in [3.63, 3.8) is 0 Å². The first kappa shape index (κ1) is 17.9. The number of benzene rings is 1. The van der Waals surface area contributed by atoms with Crippen molar-refractivity contribution >= 4 is 23.7 Å². The fourth-order valence-corrected chi connectivity index (χ4v) is 4.80. The van der Waals surface area contributed by atoms with E-state index in [1.165, 1.54) is 4.90 Å². The molecule has 25 heavy (non-hydrogen) atoms. The lowest BCUT2D eigenvalue weighted by Gasteiger charge is -2.31. The van der Waals surface area contributed by atoms with E-state index in [1.54, 1.807) is 14.2 Å². The average Bonchev–Trinajstić information content (AvgIpc) is 2.87. The second-order valence-electron chi connectivity index (χ2n) is 6.34. The third-order valence-electron chi connectivity index (χ3n) is 5.03. The van der Waals surface area contributed by atoms with Gasteiger partial charge in [-0.1, -0.05) is 13.0 Å². The number of nitrogens with zero attached hydrogens (tertiary/aromatic N) is 1. The van der Waals surface area contributed by atoms with Gasteiger partial charge in [0.15, 0.2) is 11.5 Å². The highest BCUT2D eigenvalue weighted by atomic mass is 32.2. The number of carbonyl (C=O) groups is 2. The summed E-state index contributed by atoms with van der Waals surface area (Å²) in [5.41, 5.74) is 0.151. The molecular formula is C18H24N2O4S. The molecule has 1 atom stereocenters. The number of ether oxygens (including phenoxy) is 2. The average molecular weight is 364 g/mol. The Morgan fingerprint density at radius 2 is 1.88 bits per heavy atom. The summed E-state index contributed by atoms with van der Waals surface area (Å²) in [5.74, 6) is 2.91. The standard InChI is InChI=1S/C18H24N2O4S/c1-4-13(12-5-6-14(23-2)15(11-12)24-3)20-16(21)18(19-17(20)22)7-9-25-10-8-18/h5-6,11,13H,4,7-10H2,1-3H3,(H,19,22). The smallest absolute Gasteiger partial charge is 0.325 e. The highest BCUT2D eigenvalue weighted by molar-refractivity contribution is 7.99. The van der Waals surface area contributed by atoms with Gasteiger partial charge in [0, 0.05) is 0 Å². The Kier molecular flexibility index (Phi) is 5.13. The molecule has 0 bridgehead atoms. The number of hydrogen-bond donors (Lipinski definition) is 1. The van der Waals surface area contributed by atoms with E-state index >= 15 is 0 Å². The minimum absolute atomic E-state index is 0.0977. The second kappa shape index (κ2) is 7.15. The summed E-state index contributed by atoms with van der Waals surface area (Å²) in [7, 11) is 3.15.